The molecule has 0 saturated heterocycles. The number of fused-ring (bicyclic) bond motifs is 1. The lowest BCUT2D eigenvalue weighted by atomic mass is 9.50. The van der Waals surface area contributed by atoms with Crippen molar-refractivity contribution >= 4 is 0 Å². The highest BCUT2D eigenvalue weighted by Crippen LogP contribution is 2.57. The van der Waals surface area contributed by atoms with Gasteiger partial charge in [0.05, 0.1) is 17.3 Å². The van der Waals surface area contributed by atoms with Crippen LogP contribution in [0.15, 0.2) is 0 Å². The smallest absolute Gasteiger partial charge is 0.0674 e. The average Bonchev–Trinajstić information content (AvgIpc) is 2.27. The van der Waals surface area contributed by atoms with Crippen LogP contribution in [0.5, 0.6) is 0 Å². The number of hydrogen-bond acceptors (Lipinski definition) is 3. The minimum Gasteiger partial charge on any atom is -0.393 e. The summed E-state index contributed by atoms with van der Waals surface area (Å²) in [6.07, 6.45) is 3.07. The van der Waals surface area contributed by atoms with Gasteiger partial charge >= 0.3 is 0 Å². The van der Waals surface area contributed by atoms with Crippen molar-refractivity contribution in [2.24, 2.45) is 17.3 Å². The Morgan fingerprint density at radius 1 is 1.06 bits per heavy atom. The van der Waals surface area contributed by atoms with Crippen LogP contribution in [0.25, 0.3) is 0 Å². The van der Waals surface area contributed by atoms with Gasteiger partial charge in [0.2, 0.25) is 0 Å². The maximum atomic E-state index is 10.7. The van der Waals surface area contributed by atoms with E-state index in [-0.39, 0.29) is 23.4 Å². The Bertz CT molecular complexity index is 326. The predicted molar refractivity (Wildman–Crippen MR) is 71.1 cm³/mol. The van der Waals surface area contributed by atoms with Crippen LogP contribution in [0, 0.1) is 17.3 Å². The third-order valence-corrected chi connectivity index (χ3v) is 5.96. The summed E-state index contributed by atoms with van der Waals surface area (Å²) < 4.78 is 0. The van der Waals surface area contributed by atoms with Gasteiger partial charge in [0.1, 0.15) is 0 Å². The minimum atomic E-state index is -0.767. The van der Waals surface area contributed by atoms with Crippen molar-refractivity contribution in [2.75, 3.05) is 0 Å². The molecule has 0 amide bonds. The molecule has 2 unspecified atom stereocenters. The van der Waals surface area contributed by atoms with Crippen LogP contribution in [0.3, 0.4) is 0 Å². The fourth-order valence-electron chi connectivity index (χ4n) is 4.14. The van der Waals surface area contributed by atoms with E-state index < -0.39 is 11.2 Å². The van der Waals surface area contributed by atoms with E-state index in [0.717, 1.165) is 12.8 Å². The lowest BCUT2D eigenvalue weighted by molar-refractivity contribution is -0.208. The third-order valence-electron chi connectivity index (χ3n) is 5.96. The van der Waals surface area contributed by atoms with Gasteiger partial charge in [0.15, 0.2) is 0 Å². The van der Waals surface area contributed by atoms with Gasteiger partial charge in [-0.05, 0) is 56.3 Å². The molecule has 2 aliphatic carbocycles. The van der Waals surface area contributed by atoms with Gasteiger partial charge in [-0.1, -0.05) is 20.8 Å². The molecule has 2 aliphatic rings. The largest absolute Gasteiger partial charge is 0.393 e. The first kappa shape index (κ1) is 14.3. The van der Waals surface area contributed by atoms with E-state index in [1.807, 2.05) is 20.8 Å². The monoisotopic (exact) mass is 256 g/mol. The molecule has 0 spiro atoms. The van der Waals surface area contributed by atoms with Gasteiger partial charge in [-0.2, -0.15) is 0 Å². The first-order valence-corrected chi connectivity index (χ1v) is 7.25. The summed E-state index contributed by atoms with van der Waals surface area (Å²) in [7, 11) is 0. The molecule has 2 saturated carbocycles. The van der Waals surface area contributed by atoms with E-state index >= 15 is 0 Å². The molecule has 0 aliphatic heterocycles. The molecule has 3 heteroatoms. The van der Waals surface area contributed by atoms with Gasteiger partial charge in [0.25, 0.3) is 0 Å². The van der Waals surface area contributed by atoms with Gasteiger partial charge < -0.3 is 15.3 Å². The van der Waals surface area contributed by atoms with Crippen molar-refractivity contribution < 1.29 is 15.3 Å². The Balaban J connectivity index is 2.32. The summed E-state index contributed by atoms with van der Waals surface area (Å²) in [5.74, 6) is 0.173. The quantitative estimate of drug-likeness (QED) is 0.673. The van der Waals surface area contributed by atoms with Crippen LogP contribution in [0.1, 0.15) is 59.8 Å². The summed E-state index contributed by atoms with van der Waals surface area (Å²) in [6, 6.07) is 0. The van der Waals surface area contributed by atoms with E-state index in [1.54, 1.807) is 0 Å². The van der Waals surface area contributed by atoms with Crippen LogP contribution in [-0.4, -0.2) is 32.6 Å². The summed E-state index contributed by atoms with van der Waals surface area (Å²) >= 11 is 0. The predicted octanol–water partition coefficient (Wildman–Crippen LogP) is 2.09. The highest BCUT2D eigenvalue weighted by atomic mass is 16.3. The molecular weight excluding hydrogens is 228 g/mol. The lowest BCUT2D eigenvalue weighted by Crippen LogP contribution is -2.61. The summed E-state index contributed by atoms with van der Waals surface area (Å²) in [6.45, 7) is 8.02. The molecule has 0 heterocycles. The van der Waals surface area contributed by atoms with Gasteiger partial charge in [0, 0.05) is 0 Å². The highest BCUT2D eigenvalue weighted by Gasteiger charge is 2.58. The highest BCUT2D eigenvalue weighted by molar-refractivity contribution is 5.08. The fraction of sp³-hybridized carbons (Fsp3) is 1.00. The maximum Gasteiger partial charge on any atom is 0.0674 e. The number of aliphatic hydroxyl groups is 3. The molecule has 2 fully saturated rings. The number of hydrogen-bond donors (Lipinski definition) is 3. The molecule has 5 atom stereocenters. The average molecular weight is 256 g/mol. The van der Waals surface area contributed by atoms with E-state index in [2.05, 4.69) is 6.92 Å². The zero-order chi connectivity index (χ0) is 13.8. The second kappa shape index (κ2) is 4.19. The second-order valence-electron chi connectivity index (χ2n) is 7.43. The van der Waals surface area contributed by atoms with E-state index in [4.69, 9.17) is 0 Å². The van der Waals surface area contributed by atoms with Crippen molar-refractivity contribution in [1.29, 1.82) is 0 Å². The molecule has 106 valence electrons. The maximum absolute atomic E-state index is 10.7. The topological polar surface area (TPSA) is 60.7 Å². The summed E-state index contributed by atoms with van der Waals surface area (Å²) in [5, 5.41) is 31.7. The van der Waals surface area contributed by atoms with Gasteiger partial charge in [-0.25, -0.2) is 0 Å². The van der Waals surface area contributed by atoms with Crippen molar-refractivity contribution in [3.05, 3.63) is 0 Å². The molecular formula is C15H28O3. The van der Waals surface area contributed by atoms with Gasteiger partial charge in [-0.15, -0.1) is 0 Å². The van der Waals surface area contributed by atoms with E-state index in [0.29, 0.717) is 19.3 Å². The molecule has 0 aromatic rings. The van der Waals surface area contributed by atoms with Crippen molar-refractivity contribution in [3.8, 4) is 0 Å². The Labute approximate surface area is 110 Å². The van der Waals surface area contributed by atoms with Crippen LogP contribution >= 0.6 is 0 Å². The molecule has 3 N–H and O–H groups in total. The Hall–Kier alpha value is -0.120. The fourth-order valence-corrected chi connectivity index (χ4v) is 4.14. The molecule has 0 aromatic carbocycles. The standard InChI is InChI=1S/C15H28O3/c1-10(2)15(18)8-7-13(3)11(9-15)14(4,17)6-5-12(13)16/h10-12,16-18H,5-9H2,1-4H3/t11?,12?,13-,14+,15+/m1/s1. The summed E-state index contributed by atoms with van der Waals surface area (Å²) in [4.78, 5) is 0. The molecule has 2 rings (SSSR count). The Morgan fingerprint density at radius 3 is 2.22 bits per heavy atom. The van der Waals surface area contributed by atoms with Gasteiger partial charge in [-0.3, -0.25) is 0 Å². The lowest BCUT2D eigenvalue weighted by Gasteiger charge is -2.58. The normalized spacial score (nSPS) is 53.3. The van der Waals surface area contributed by atoms with Crippen LogP contribution in [-0.2, 0) is 0 Å². The molecule has 0 radical (unpaired) electrons. The zero-order valence-electron chi connectivity index (χ0n) is 12.1. The first-order valence-electron chi connectivity index (χ1n) is 7.25. The molecule has 0 bridgehead atoms. The van der Waals surface area contributed by atoms with Crippen molar-refractivity contribution in [3.63, 3.8) is 0 Å². The van der Waals surface area contributed by atoms with Crippen molar-refractivity contribution in [2.45, 2.75) is 77.1 Å². The van der Waals surface area contributed by atoms with E-state index in [1.165, 1.54) is 0 Å². The second-order valence-corrected chi connectivity index (χ2v) is 7.43. The van der Waals surface area contributed by atoms with Crippen molar-refractivity contribution in [1.82, 2.24) is 0 Å². The Kier molecular flexibility index (Phi) is 3.33. The minimum absolute atomic E-state index is 0.0186. The molecule has 18 heavy (non-hydrogen) atoms. The first-order chi connectivity index (χ1) is 8.12. The van der Waals surface area contributed by atoms with Crippen LogP contribution < -0.4 is 0 Å². The van der Waals surface area contributed by atoms with Crippen LogP contribution in [0.2, 0.25) is 0 Å². The van der Waals surface area contributed by atoms with Crippen LogP contribution in [0.4, 0.5) is 0 Å². The zero-order valence-corrected chi connectivity index (χ0v) is 12.1. The Morgan fingerprint density at radius 2 is 1.67 bits per heavy atom. The third kappa shape index (κ3) is 2.00. The summed E-state index contributed by atoms with van der Waals surface area (Å²) in [5.41, 5.74) is -1.70. The molecule has 3 nitrogen and oxygen atoms in total. The number of aliphatic hydroxyl groups excluding tert-OH is 1. The number of rotatable bonds is 1. The molecule has 0 aromatic heterocycles. The SMILES string of the molecule is CC(C)[C@]1(O)CC[C@@]2(C)C(O)CC[C@](C)(O)C2C1. The van der Waals surface area contributed by atoms with E-state index in [9.17, 15) is 15.3 Å².